The van der Waals surface area contributed by atoms with Gasteiger partial charge in [-0.25, -0.2) is 0 Å². The van der Waals surface area contributed by atoms with E-state index in [0.29, 0.717) is 5.41 Å². The summed E-state index contributed by atoms with van der Waals surface area (Å²) in [5, 5.41) is 12.6. The van der Waals surface area contributed by atoms with Crippen LogP contribution >= 0.6 is 0 Å². The number of nitrogens with one attached hydrogen (secondary N) is 1. The van der Waals surface area contributed by atoms with Crippen LogP contribution in [-0.2, 0) is 0 Å². The molecule has 14 heavy (non-hydrogen) atoms. The van der Waals surface area contributed by atoms with E-state index in [9.17, 15) is 0 Å². The van der Waals surface area contributed by atoms with Gasteiger partial charge in [-0.15, -0.1) is 0 Å². The molecule has 1 aliphatic carbocycles. The molecule has 1 fully saturated rings. The van der Waals surface area contributed by atoms with Gasteiger partial charge in [-0.05, 0) is 44.6 Å². The Bertz CT molecular complexity index is 150. The molecule has 84 valence electrons. The molecular weight excluding hydrogens is 174 g/mol. The van der Waals surface area contributed by atoms with Gasteiger partial charge in [0, 0.05) is 6.54 Å². The van der Waals surface area contributed by atoms with Crippen LogP contribution in [0.25, 0.3) is 0 Å². The zero-order valence-electron chi connectivity index (χ0n) is 9.68. The number of hydrogen-bond acceptors (Lipinski definition) is 2. The summed E-state index contributed by atoms with van der Waals surface area (Å²) >= 11 is 0. The van der Waals surface area contributed by atoms with Gasteiger partial charge in [-0.1, -0.05) is 19.8 Å². The molecule has 2 N–H and O–H groups in total. The maximum Gasteiger partial charge on any atom is 0.0524 e. The molecule has 0 radical (unpaired) electrons. The molecule has 1 saturated carbocycles. The quantitative estimate of drug-likeness (QED) is 0.643. The average molecular weight is 199 g/mol. The molecule has 0 bridgehead atoms. The molecular formula is C12H25NO. The molecule has 0 aromatic rings. The molecule has 0 amide bonds. The van der Waals surface area contributed by atoms with Crippen LogP contribution in [0.3, 0.4) is 0 Å². The van der Waals surface area contributed by atoms with Crippen LogP contribution in [0.15, 0.2) is 0 Å². The number of aliphatic hydroxyl groups is 1. The zero-order chi connectivity index (χ0) is 10.4. The van der Waals surface area contributed by atoms with Crippen LogP contribution in [0.1, 0.15) is 52.4 Å². The molecule has 0 heterocycles. The van der Waals surface area contributed by atoms with Gasteiger partial charge in [0.1, 0.15) is 0 Å². The fourth-order valence-electron chi connectivity index (χ4n) is 2.44. The lowest BCUT2D eigenvalue weighted by Gasteiger charge is -2.27. The molecule has 1 unspecified atom stereocenters. The van der Waals surface area contributed by atoms with Crippen LogP contribution in [0.4, 0.5) is 0 Å². The van der Waals surface area contributed by atoms with Crippen LogP contribution in [0.2, 0.25) is 0 Å². The topological polar surface area (TPSA) is 32.3 Å². The molecule has 2 heteroatoms. The van der Waals surface area contributed by atoms with Gasteiger partial charge >= 0.3 is 0 Å². The fraction of sp³-hybridized carbons (Fsp3) is 1.00. The molecule has 0 aliphatic heterocycles. The van der Waals surface area contributed by atoms with E-state index in [1.54, 1.807) is 0 Å². The summed E-state index contributed by atoms with van der Waals surface area (Å²) in [6.45, 7) is 6.27. The predicted molar refractivity (Wildman–Crippen MR) is 60.4 cm³/mol. The lowest BCUT2D eigenvalue weighted by molar-refractivity contribution is 0.179. The lowest BCUT2D eigenvalue weighted by atomic mass is 9.83. The Balaban J connectivity index is 2.15. The molecule has 1 rings (SSSR count). The molecule has 2 nitrogen and oxygen atoms in total. The minimum Gasteiger partial charge on any atom is -0.393 e. The van der Waals surface area contributed by atoms with Crippen molar-refractivity contribution in [2.75, 3.05) is 13.1 Å². The summed E-state index contributed by atoms with van der Waals surface area (Å²) in [5.41, 5.74) is 0.582. The first kappa shape index (κ1) is 12.0. The highest BCUT2D eigenvalue weighted by atomic mass is 16.3. The summed E-state index contributed by atoms with van der Waals surface area (Å²) in [5.74, 6) is 0. The number of hydrogen-bond donors (Lipinski definition) is 2. The van der Waals surface area contributed by atoms with E-state index in [4.69, 9.17) is 5.11 Å². The van der Waals surface area contributed by atoms with Crippen molar-refractivity contribution in [1.82, 2.24) is 5.32 Å². The highest BCUT2D eigenvalue weighted by molar-refractivity contribution is 4.85. The molecule has 0 saturated heterocycles. The Kier molecular flexibility index (Phi) is 4.90. The number of rotatable bonds is 6. The highest BCUT2D eigenvalue weighted by Gasteiger charge is 2.31. The lowest BCUT2D eigenvalue weighted by Crippen LogP contribution is -2.33. The van der Waals surface area contributed by atoms with Crippen LogP contribution in [0, 0.1) is 5.41 Å². The first-order valence-corrected chi connectivity index (χ1v) is 6.07. The molecule has 1 aliphatic rings. The third kappa shape index (κ3) is 3.58. The molecule has 0 aromatic heterocycles. The van der Waals surface area contributed by atoms with Crippen molar-refractivity contribution >= 4 is 0 Å². The van der Waals surface area contributed by atoms with E-state index in [-0.39, 0.29) is 6.10 Å². The van der Waals surface area contributed by atoms with Gasteiger partial charge in [-0.2, -0.15) is 0 Å². The van der Waals surface area contributed by atoms with E-state index in [1.165, 1.54) is 32.1 Å². The Hall–Kier alpha value is -0.0800. The van der Waals surface area contributed by atoms with Crippen molar-refractivity contribution in [2.45, 2.75) is 58.5 Å². The zero-order valence-corrected chi connectivity index (χ0v) is 9.68. The van der Waals surface area contributed by atoms with Gasteiger partial charge in [0.25, 0.3) is 0 Å². The number of aliphatic hydroxyl groups excluding tert-OH is 1. The largest absolute Gasteiger partial charge is 0.393 e. The average Bonchev–Trinajstić information content (AvgIpc) is 2.62. The summed E-state index contributed by atoms with van der Waals surface area (Å²) in [6.07, 6.45) is 7.62. The van der Waals surface area contributed by atoms with Gasteiger partial charge in [0.2, 0.25) is 0 Å². The van der Waals surface area contributed by atoms with Crippen LogP contribution in [0.5, 0.6) is 0 Å². The van der Waals surface area contributed by atoms with Gasteiger partial charge in [0.05, 0.1) is 6.10 Å². The van der Waals surface area contributed by atoms with Gasteiger partial charge in [0.15, 0.2) is 0 Å². The minimum absolute atomic E-state index is 0.163. The first-order chi connectivity index (χ1) is 6.68. The summed E-state index contributed by atoms with van der Waals surface area (Å²) in [6, 6.07) is 0. The monoisotopic (exact) mass is 199 g/mol. The van der Waals surface area contributed by atoms with Gasteiger partial charge in [-0.3, -0.25) is 0 Å². The third-order valence-corrected chi connectivity index (χ3v) is 3.65. The molecule has 0 aromatic carbocycles. The van der Waals surface area contributed by atoms with Crippen molar-refractivity contribution in [3.63, 3.8) is 0 Å². The predicted octanol–water partition coefficient (Wildman–Crippen LogP) is 2.32. The normalized spacial score (nSPS) is 22.5. The second-order valence-corrected chi connectivity index (χ2v) is 4.88. The van der Waals surface area contributed by atoms with Crippen LogP contribution in [-0.4, -0.2) is 24.3 Å². The molecule has 1 atom stereocenters. The summed E-state index contributed by atoms with van der Waals surface area (Å²) in [7, 11) is 0. The Morgan fingerprint density at radius 1 is 1.36 bits per heavy atom. The van der Waals surface area contributed by atoms with E-state index in [2.05, 4.69) is 12.2 Å². The maximum atomic E-state index is 9.13. The van der Waals surface area contributed by atoms with E-state index in [1.807, 2.05) is 6.92 Å². The standard InChI is InChI=1S/C12H25NO/c1-3-12(7-4-5-8-12)10-13-9-6-11(2)14/h11,13-14H,3-10H2,1-2H3. The van der Waals surface area contributed by atoms with Crippen molar-refractivity contribution in [3.05, 3.63) is 0 Å². The maximum absolute atomic E-state index is 9.13. The van der Waals surface area contributed by atoms with Gasteiger partial charge < -0.3 is 10.4 Å². The van der Waals surface area contributed by atoms with Crippen molar-refractivity contribution in [2.24, 2.45) is 5.41 Å². The van der Waals surface area contributed by atoms with Crippen LogP contribution < -0.4 is 5.32 Å². The second-order valence-electron chi connectivity index (χ2n) is 4.88. The highest BCUT2D eigenvalue weighted by Crippen LogP contribution is 2.40. The second kappa shape index (κ2) is 5.72. The van der Waals surface area contributed by atoms with Crippen molar-refractivity contribution in [1.29, 1.82) is 0 Å². The smallest absolute Gasteiger partial charge is 0.0524 e. The van der Waals surface area contributed by atoms with E-state index < -0.39 is 0 Å². The van der Waals surface area contributed by atoms with Crippen molar-refractivity contribution in [3.8, 4) is 0 Å². The Morgan fingerprint density at radius 3 is 2.50 bits per heavy atom. The first-order valence-electron chi connectivity index (χ1n) is 6.07. The van der Waals surface area contributed by atoms with E-state index >= 15 is 0 Å². The van der Waals surface area contributed by atoms with Crippen molar-refractivity contribution < 1.29 is 5.11 Å². The summed E-state index contributed by atoms with van der Waals surface area (Å²) < 4.78 is 0. The Labute approximate surface area is 88.1 Å². The Morgan fingerprint density at radius 2 is 2.00 bits per heavy atom. The SMILES string of the molecule is CCC1(CNCCC(C)O)CCCC1. The third-order valence-electron chi connectivity index (χ3n) is 3.65. The van der Waals surface area contributed by atoms with E-state index in [0.717, 1.165) is 19.5 Å². The molecule has 0 spiro atoms. The fourth-order valence-corrected chi connectivity index (χ4v) is 2.44. The minimum atomic E-state index is -0.163. The summed E-state index contributed by atoms with van der Waals surface area (Å²) in [4.78, 5) is 0.